The van der Waals surface area contributed by atoms with E-state index in [1.165, 1.54) is 13.8 Å². The largest absolute Gasteiger partial charge is 0.508 e. The molecule has 0 N–H and O–H groups in total. The van der Waals surface area contributed by atoms with Crippen LogP contribution >= 0.6 is 11.6 Å². The number of rotatable bonds is 10. The molecule has 1 heterocycles. The third-order valence-corrected chi connectivity index (χ3v) is 5.97. The summed E-state index contributed by atoms with van der Waals surface area (Å²) in [5.41, 5.74) is -1.54. The quantitative estimate of drug-likeness (QED) is 0.373. The Balaban J connectivity index is 2.81. The van der Waals surface area contributed by atoms with Gasteiger partial charge in [-0.25, -0.2) is 13.6 Å². The van der Waals surface area contributed by atoms with Gasteiger partial charge in [0.25, 0.3) is 5.92 Å². The van der Waals surface area contributed by atoms with Crippen molar-refractivity contribution in [2.24, 2.45) is 10.8 Å². The van der Waals surface area contributed by atoms with Gasteiger partial charge in [-0.2, -0.15) is 0 Å². The summed E-state index contributed by atoms with van der Waals surface area (Å²) in [5, 5.41) is -1.35. The maximum Gasteiger partial charge on any atom is 0.508 e. The van der Waals surface area contributed by atoms with Crippen molar-refractivity contribution in [1.82, 2.24) is 0 Å². The fourth-order valence-corrected chi connectivity index (χ4v) is 2.96. The lowest BCUT2D eigenvalue weighted by molar-refractivity contribution is -0.128. The van der Waals surface area contributed by atoms with Gasteiger partial charge in [0.1, 0.15) is 12.0 Å². The molecule has 1 rings (SSSR count). The molecule has 0 amide bonds. The fourth-order valence-electron chi connectivity index (χ4n) is 2.51. The molecule has 4 nitrogen and oxygen atoms in total. The van der Waals surface area contributed by atoms with Crippen LogP contribution in [-0.4, -0.2) is 42.9 Å². The minimum atomic E-state index is -3.03. The predicted octanol–water partition coefficient (Wildman–Crippen LogP) is 5.41. The molecule has 0 aromatic carbocycles. The number of cyclic esters (lactones) is 2. The van der Waals surface area contributed by atoms with E-state index in [0.717, 1.165) is 6.42 Å². The Morgan fingerprint density at radius 1 is 1.24 bits per heavy atom. The number of hydrogen-bond donors (Lipinski definition) is 0. The van der Waals surface area contributed by atoms with Crippen molar-refractivity contribution >= 4 is 17.8 Å². The van der Waals surface area contributed by atoms with Crippen LogP contribution in [0.25, 0.3) is 0 Å². The Labute approximate surface area is 154 Å². The van der Waals surface area contributed by atoms with Crippen molar-refractivity contribution in [1.29, 1.82) is 0 Å². The van der Waals surface area contributed by atoms with Gasteiger partial charge in [-0.05, 0) is 24.7 Å². The lowest BCUT2D eigenvalue weighted by atomic mass is 9.76. The molecule has 0 spiro atoms. The SMILES string of the molecule is CCC(C)(C)C(CC(Cl)C(F)(F)C(C)(C)CC)OCC1COC(=O)O1. The smallest absolute Gasteiger partial charge is 0.430 e. The number of halogens is 3. The summed E-state index contributed by atoms with van der Waals surface area (Å²) in [7, 11) is 0. The van der Waals surface area contributed by atoms with Crippen LogP contribution in [0.15, 0.2) is 0 Å². The van der Waals surface area contributed by atoms with Gasteiger partial charge in [0, 0.05) is 5.41 Å². The zero-order valence-corrected chi connectivity index (χ0v) is 16.8. The molecule has 0 aliphatic carbocycles. The molecule has 3 unspecified atom stereocenters. The monoisotopic (exact) mass is 384 g/mol. The maximum atomic E-state index is 14.8. The van der Waals surface area contributed by atoms with Crippen LogP contribution in [0.5, 0.6) is 0 Å². The van der Waals surface area contributed by atoms with E-state index < -0.39 is 35.1 Å². The molecular weight excluding hydrogens is 354 g/mol. The molecule has 25 heavy (non-hydrogen) atoms. The standard InChI is InChI=1S/C18H31ClF2O4/c1-7-16(3,4)14(23-10-12-11-24-15(22)25-12)9-13(19)18(20,21)17(5,6)8-2/h12-14H,7-11H2,1-6H3. The molecule has 1 fully saturated rings. The average molecular weight is 385 g/mol. The molecule has 0 aromatic rings. The zero-order chi connectivity index (χ0) is 19.5. The first-order valence-electron chi connectivity index (χ1n) is 8.84. The number of carbonyl (C=O) groups excluding carboxylic acids is 1. The minimum absolute atomic E-state index is 0.0142. The molecule has 1 aliphatic heterocycles. The predicted molar refractivity (Wildman–Crippen MR) is 93.3 cm³/mol. The van der Waals surface area contributed by atoms with Crippen molar-refractivity contribution in [3.05, 3.63) is 0 Å². The van der Waals surface area contributed by atoms with Gasteiger partial charge >= 0.3 is 6.16 Å². The second-order valence-electron chi connectivity index (χ2n) is 8.03. The van der Waals surface area contributed by atoms with Gasteiger partial charge in [0.05, 0.1) is 12.7 Å². The van der Waals surface area contributed by atoms with Crippen molar-refractivity contribution in [2.75, 3.05) is 13.2 Å². The number of hydrogen-bond acceptors (Lipinski definition) is 4. The lowest BCUT2D eigenvalue weighted by Crippen LogP contribution is -2.47. The van der Waals surface area contributed by atoms with Gasteiger partial charge in [0.15, 0.2) is 6.10 Å². The molecule has 7 heteroatoms. The van der Waals surface area contributed by atoms with Gasteiger partial charge in [-0.15, -0.1) is 11.6 Å². The van der Waals surface area contributed by atoms with Gasteiger partial charge in [-0.3, -0.25) is 0 Å². The minimum Gasteiger partial charge on any atom is -0.430 e. The van der Waals surface area contributed by atoms with Crippen molar-refractivity contribution in [2.45, 2.75) is 84.3 Å². The second-order valence-corrected chi connectivity index (χ2v) is 8.56. The molecular formula is C18H31ClF2O4. The molecule has 1 saturated heterocycles. The molecule has 148 valence electrons. The van der Waals surface area contributed by atoms with Crippen LogP contribution < -0.4 is 0 Å². The third-order valence-electron chi connectivity index (χ3n) is 5.52. The van der Waals surface area contributed by atoms with E-state index in [0.29, 0.717) is 6.42 Å². The molecule has 3 atom stereocenters. The summed E-state index contributed by atoms with van der Waals surface area (Å²) in [4.78, 5) is 11.0. The normalized spacial score (nSPS) is 21.6. The van der Waals surface area contributed by atoms with E-state index in [2.05, 4.69) is 0 Å². The highest BCUT2D eigenvalue weighted by Gasteiger charge is 2.52. The summed E-state index contributed by atoms with van der Waals surface area (Å²) in [5.74, 6) is -3.03. The van der Waals surface area contributed by atoms with E-state index in [-0.39, 0.29) is 25.0 Å². The molecule has 0 radical (unpaired) electrons. The highest BCUT2D eigenvalue weighted by atomic mass is 35.5. The summed E-state index contributed by atoms with van der Waals surface area (Å²) in [6, 6.07) is 0. The second kappa shape index (κ2) is 8.38. The Bertz CT molecular complexity index is 454. The van der Waals surface area contributed by atoms with E-state index in [9.17, 15) is 13.6 Å². The highest BCUT2D eigenvalue weighted by molar-refractivity contribution is 6.21. The first kappa shape index (κ1) is 22.4. The molecule has 0 saturated carbocycles. The van der Waals surface area contributed by atoms with E-state index in [1.807, 2.05) is 20.8 Å². The Kier molecular flexibility index (Phi) is 7.52. The molecule has 1 aliphatic rings. The zero-order valence-electron chi connectivity index (χ0n) is 16.0. The van der Waals surface area contributed by atoms with Crippen LogP contribution in [0, 0.1) is 10.8 Å². The summed E-state index contributed by atoms with van der Waals surface area (Å²) < 4.78 is 45.0. The van der Waals surface area contributed by atoms with E-state index in [1.54, 1.807) is 6.92 Å². The Morgan fingerprint density at radius 2 is 1.84 bits per heavy atom. The molecule has 0 bridgehead atoms. The van der Waals surface area contributed by atoms with Crippen molar-refractivity contribution < 1.29 is 27.8 Å². The average Bonchev–Trinajstić information content (AvgIpc) is 2.95. The summed E-state index contributed by atoms with van der Waals surface area (Å²) >= 11 is 6.17. The Hall–Kier alpha value is -0.620. The first-order chi connectivity index (χ1) is 11.4. The van der Waals surface area contributed by atoms with E-state index >= 15 is 0 Å². The Morgan fingerprint density at radius 3 is 2.28 bits per heavy atom. The van der Waals surface area contributed by atoms with Crippen LogP contribution in [-0.2, 0) is 14.2 Å². The van der Waals surface area contributed by atoms with Crippen LogP contribution in [0.3, 0.4) is 0 Å². The number of alkyl halides is 3. The summed E-state index contributed by atoms with van der Waals surface area (Å²) in [6.45, 7) is 10.9. The third kappa shape index (κ3) is 5.43. The topological polar surface area (TPSA) is 44.8 Å². The van der Waals surface area contributed by atoms with Crippen LogP contribution in [0.1, 0.15) is 60.8 Å². The highest BCUT2D eigenvalue weighted by Crippen LogP contribution is 2.46. The van der Waals surface area contributed by atoms with Crippen LogP contribution in [0.2, 0.25) is 0 Å². The van der Waals surface area contributed by atoms with Gasteiger partial charge in [0.2, 0.25) is 0 Å². The fraction of sp³-hybridized carbons (Fsp3) is 0.944. The van der Waals surface area contributed by atoms with Crippen molar-refractivity contribution in [3.8, 4) is 0 Å². The lowest BCUT2D eigenvalue weighted by Gasteiger charge is -2.40. The number of carbonyl (C=O) groups is 1. The molecule has 0 aromatic heterocycles. The van der Waals surface area contributed by atoms with Gasteiger partial charge < -0.3 is 14.2 Å². The van der Waals surface area contributed by atoms with Gasteiger partial charge in [-0.1, -0.05) is 41.5 Å². The maximum absolute atomic E-state index is 14.8. The summed E-state index contributed by atoms with van der Waals surface area (Å²) in [6.07, 6.45) is -0.653. The van der Waals surface area contributed by atoms with E-state index in [4.69, 9.17) is 25.8 Å². The number of ether oxygens (including phenoxy) is 3. The van der Waals surface area contributed by atoms with Crippen molar-refractivity contribution in [3.63, 3.8) is 0 Å². The first-order valence-corrected chi connectivity index (χ1v) is 9.28. The van der Waals surface area contributed by atoms with Crippen LogP contribution in [0.4, 0.5) is 13.6 Å².